The molecule has 0 fully saturated rings. The Labute approximate surface area is 180 Å². The van der Waals surface area contributed by atoms with Crippen LogP contribution in [0.4, 0.5) is 5.69 Å². The van der Waals surface area contributed by atoms with Gasteiger partial charge in [0.15, 0.2) is 4.96 Å². The van der Waals surface area contributed by atoms with Crippen molar-refractivity contribution in [3.05, 3.63) is 93.3 Å². The molecular weight excluding hydrogens is 418 g/mol. The van der Waals surface area contributed by atoms with Crippen molar-refractivity contribution in [2.24, 2.45) is 0 Å². The molecule has 0 atom stereocenters. The van der Waals surface area contributed by atoms with Crippen LogP contribution >= 0.6 is 11.3 Å². The highest BCUT2D eigenvalue weighted by Gasteiger charge is 2.11. The number of thiazole rings is 1. The third kappa shape index (κ3) is 4.62. The Morgan fingerprint density at radius 3 is 2.48 bits per heavy atom. The maximum Gasteiger partial charge on any atom is 0.338 e. The first-order chi connectivity index (χ1) is 15.0. The summed E-state index contributed by atoms with van der Waals surface area (Å²) in [7, 11) is 1.56. The van der Waals surface area contributed by atoms with Crippen LogP contribution in [0.5, 0.6) is 5.75 Å². The van der Waals surface area contributed by atoms with E-state index in [1.54, 1.807) is 67.2 Å². The molecule has 0 bridgehead atoms. The van der Waals surface area contributed by atoms with Crippen LogP contribution < -0.4 is 15.6 Å². The van der Waals surface area contributed by atoms with E-state index in [-0.39, 0.29) is 18.1 Å². The van der Waals surface area contributed by atoms with Crippen LogP contribution in [0, 0.1) is 0 Å². The van der Waals surface area contributed by atoms with Gasteiger partial charge in [0.05, 0.1) is 18.4 Å². The van der Waals surface area contributed by atoms with E-state index >= 15 is 0 Å². The molecule has 2 aromatic carbocycles. The number of hydrogen-bond donors (Lipinski definition) is 1. The number of fused-ring (bicyclic) bond motifs is 1. The molecule has 0 aliphatic heterocycles. The Kier molecular flexibility index (Phi) is 5.76. The van der Waals surface area contributed by atoms with Crippen LogP contribution in [-0.2, 0) is 11.3 Å². The lowest BCUT2D eigenvalue weighted by molar-refractivity contribution is 0.0467. The van der Waals surface area contributed by atoms with Gasteiger partial charge >= 0.3 is 5.97 Å². The van der Waals surface area contributed by atoms with Crippen molar-refractivity contribution in [3.8, 4) is 5.75 Å². The Bertz CT molecular complexity index is 1290. The summed E-state index contributed by atoms with van der Waals surface area (Å²) in [4.78, 5) is 41.4. The van der Waals surface area contributed by atoms with Gasteiger partial charge in [-0.3, -0.25) is 14.0 Å². The predicted octanol–water partition coefficient (Wildman–Crippen LogP) is 3.37. The Hall–Kier alpha value is -3.98. The number of hydrogen-bond acceptors (Lipinski definition) is 7. The molecule has 0 spiro atoms. The van der Waals surface area contributed by atoms with Crippen molar-refractivity contribution in [2.75, 3.05) is 12.4 Å². The number of benzene rings is 2. The van der Waals surface area contributed by atoms with Crippen LogP contribution in [0.15, 0.2) is 71.0 Å². The number of esters is 1. The molecule has 156 valence electrons. The molecule has 2 heterocycles. The van der Waals surface area contributed by atoms with Gasteiger partial charge in [0, 0.05) is 28.9 Å². The summed E-state index contributed by atoms with van der Waals surface area (Å²) in [6.07, 6.45) is 1.64. The number of aromatic nitrogens is 2. The monoisotopic (exact) mass is 435 g/mol. The number of methoxy groups -OCH3 is 1. The highest BCUT2D eigenvalue weighted by molar-refractivity contribution is 7.15. The fraction of sp³-hybridized carbons (Fsp3) is 0.0909. The Morgan fingerprint density at radius 1 is 1.06 bits per heavy atom. The van der Waals surface area contributed by atoms with Crippen LogP contribution in [0.2, 0.25) is 0 Å². The van der Waals surface area contributed by atoms with Crippen LogP contribution in [-0.4, -0.2) is 28.4 Å². The summed E-state index contributed by atoms with van der Waals surface area (Å²) in [6, 6.07) is 14.4. The summed E-state index contributed by atoms with van der Waals surface area (Å²) < 4.78 is 11.8. The van der Waals surface area contributed by atoms with E-state index in [2.05, 4.69) is 10.3 Å². The van der Waals surface area contributed by atoms with Crippen LogP contribution in [0.25, 0.3) is 4.96 Å². The molecular formula is C22H17N3O5S. The third-order valence-electron chi connectivity index (χ3n) is 4.44. The molecule has 0 radical (unpaired) electrons. The van der Waals surface area contributed by atoms with E-state index in [0.717, 1.165) is 0 Å². The first kappa shape index (κ1) is 20.3. The van der Waals surface area contributed by atoms with E-state index in [1.165, 1.54) is 21.8 Å². The van der Waals surface area contributed by atoms with Gasteiger partial charge in [-0.1, -0.05) is 0 Å². The van der Waals surface area contributed by atoms with Crippen molar-refractivity contribution >= 4 is 33.9 Å². The number of ether oxygens (including phenoxy) is 2. The maximum atomic E-state index is 12.3. The number of nitrogens with one attached hydrogen (secondary N) is 1. The first-order valence-electron chi connectivity index (χ1n) is 9.22. The number of amides is 1. The van der Waals surface area contributed by atoms with Gasteiger partial charge in [-0.2, -0.15) is 0 Å². The molecule has 0 saturated carbocycles. The van der Waals surface area contributed by atoms with Crippen molar-refractivity contribution in [1.29, 1.82) is 0 Å². The summed E-state index contributed by atoms with van der Waals surface area (Å²) >= 11 is 1.32. The molecule has 9 heteroatoms. The molecule has 1 amide bonds. The maximum absolute atomic E-state index is 12.3. The quantitative estimate of drug-likeness (QED) is 0.466. The molecule has 31 heavy (non-hydrogen) atoms. The average molecular weight is 435 g/mol. The lowest BCUT2D eigenvalue weighted by Gasteiger charge is -2.08. The van der Waals surface area contributed by atoms with Crippen molar-refractivity contribution in [2.45, 2.75) is 6.61 Å². The summed E-state index contributed by atoms with van der Waals surface area (Å²) in [6.45, 7) is -0.113. The van der Waals surface area contributed by atoms with Crippen molar-refractivity contribution < 1.29 is 19.1 Å². The largest absolute Gasteiger partial charge is 0.497 e. The number of carbonyl (C=O) groups is 2. The molecule has 0 aliphatic rings. The minimum absolute atomic E-state index is 0.113. The van der Waals surface area contributed by atoms with Crippen LogP contribution in [0.3, 0.4) is 0 Å². The van der Waals surface area contributed by atoms with E-state index in [4.69, 9.17) is 9.47 Å². The van der Waals surface area contributed by atoms with Gasteiger partial charge in [-0.15, -0.1) is 11.3 Å². The second-order valence-corrected chi connectivity index (χ2v) is 7.35. The molecule has 4 aromatic rings. The van der Waals surface area contributed by atoms with E-state index in [1.807, 2.05) is 0 Å². The minimum Gasteiger partial charge on any atom is -0.497 e. The number of nitrogens with zero attached hydrogens (tertiary/aromatic N) is 2. The topological polar surface area (TPSA) is 99.0 Å². The number of carbonyl (C=O) groups excluding carboxylic acids is 2. The second-order valence-electron chi connectivity index (χ2n) is 6.48. The van der Waals surface area contributed by atoms with Gasteiger partial charge in [0.2, 0.25) is 0 Å². The Morgan fingerprint density at radius 2 is 1.77 bits per heavy atom. The highest BCUT2D eigenvalue weighted by Crippen LogP contribution is 2.15. The van der Waals surface area contributed by atoms with Crippen LogP contribution in [0.1, 0.15) is 26.4 Å². The standard InChI is InChI=1S/C22H17N3O5S/c1-29-18-8-4-14(5-9-18)20(27)23-16-6-2-15(3-7-16)21(28)30-13-17-12-19(26)25-10-11-31-22(25)24-17/h2-12H,13H2,1H3,(H,23,27). The molecule has 0 aliphatic carbocycles. The van der Waals surface area contributed by atoms with Gasteiger partial charge in [-0.25, -0.2) is 9.78 Å². The smallest absolute Gasteiger partial charge is 0.338 e. The average Bonchev–Trinajstić information content (AvgIpc) is 3.27. The lowest BCUT2D eigenvalue weighted by Crippen LogP contribution is -2.15. The minimum atomic E-state index is -0.554. The normalized spacial score (nSPS) is 10.6. The fourth-order valence-corrected chi connectivity index (χ4v) is 3.56. The molecule has 4 rings (SSSR count). The van der Waals surface area contributed by atoms with E-state index < -0.39 is 5.97 Å². The summed E-state index contributed by atoms with van der Waals surface area (Å²) in [5.74, 6) is -0.171. The number of anilines is 1. The Balaban J connectivity index is 1.37. The fourth-order valence-electron chi connectivity index (χ4n) is 2.82. The SMILES string of the molecule is COc1ccc(C(=O)Nc2ccc(C(=O)OCc3cc(=O)n4ccsc4n3)cc2)cc1. The molecule has 2 aromatic heterocycles. The van der Waals surface area contributed by atoms with E-state index in [0.29, 0.717) is 33.2 Å². The molecule has 1 N–H and O–H groups in total. The zero-order chi connectivity index (χ0) is 21.8. The first-order valence-corrected chi connectivity index (χ1v) is 10.1. The molecule has 0 unspecified atom stereocenters. The number of rotatable bonds is 6. The molecule has 8 nitrogen and oxygen atoms in total. The summed E-state index contributed by atoms with van der Waals surface area (Å²) in [5.41, 5.74) is 1.49. The third-order valence-corrected chi connectivity index (χ3v) is 5.19. The highest BCUT2D eigenvalue weighted by atomic mass is 32.1. The van der Waals surface area contributed by atoms with E-state index in [9.17, 15) is 14.4 Å². The van der Waals surface area contributed by atoms with Gasteiger partial charge in [0.1, 0.15) is 12.4 Å². The zero-order valence-corrected chi connectivity index (χ0v) is 17.2. The predicted molar refractivity (Wildman–Crippen MR) is 116 cm³/mol. The summed E-state index contributed by atoms with van der Waals surface area (Å²) in [5, 5.41) is 4.52. The van der Waals surface area contributed by atoms with Gasteiger partial charge in [-0.05, 0) is 48.5 Å². The molecule has 0 saturated heterocycles. The lowest BCUT2D eigenvalue weighted by atomic mass is 10.1. The van der Waals surface area contributed by atoms with Gasteiger partial charge in [0.25, 0.3) is 11.5 Å². The van der Waals surface area contributed by atoms with Gasteiger partial charge < -0.3 is 14.8 Å². The van der Waals surface area contributed by atoms with Crippen molar-refractivity contribution in [3.63, 3.8) is 0 Å². The zero-order valence-electron chi connectivity index (χ0n) is 16.4. The van der Waals surface area contributed by atoms with Crippen molar-refractivity contribution in [1.82, 2.24) is 9.38 Å². The second kappa shape index (κ2) is 8.80.